The molecule has 0 aromatic heterocycles. The van der Waals surface area contributed by atoms with Crippen LogP contribution in [0.1, 0.15) is 11.1 Å². The van der Waals surface area contributed by atoms with Crippen LogP contribution in [0.15, 0.2) is 78.9 Å². The standard InChI is InChI=1S/C24H26FNO3/c1-28-24-9-5-6-20(14-24)16-26(15-19-10-12-21(25)13-11-19)17-22(27)18-29-23-7-3-2-4-8-23/h2-14,22,27H,15-18H2,1H3/t22-/m0/s1. The third-order valence-corrected chi connectivity index (χ3v) is 4.51. The lowest BCUT2D eigenvalue weighted by Gasteiger charge is -2.25. The van der Waals surface area contributed by atoms with E-state index in [4.69, 9.17) is 9.47 Å². The van der Waals surface area contributed by atoms with Gasteiger partial charge in [0.15, 0.2) is 0 Å². The van der Waals surface area contributed by atoms with Crippen molar-refractivity contribution in [3.8, 4) is 11.5 Å². The number of benzene rings is 3. The Morgan fingerprint density at radius 3 is 2.28 bits per heavy atom. The molecule has 0 amide bonds. The summed E-state index contributed by atoms with van der Waals surface area (Å²) in [5.41, 5.74) is 2.05. The van der Waals surface area contributed by atoms with Crippen molar-refractivity contribution >= 4 is 0 Å². The Hall–Kier alpha value is -2.89. The van der Waals surface area contributed by atoms with E-state index in [1.807, 2.05) is 54.6 Å². The molecule has 29 heavy (non-hydrogen) atoms. The Kier molecular flexibility index (Phi) is 7.61. The molecule has 0 spiro atoms. The van der Waals surface area contributed by atoms with Gasteiger partial charge in [-0.3, -0.25) is 4.90 Å². The fourth-order valence-electron chi connectivity index (χ4n) is 3.12. The first kappa shape index (κ1) is 20.8. The average molecular weight is 395 g/mol. The number of aliphatic hydroxyl groups excluding tert-OH is 1. The number of rotatable bonds is 10. The molecule has 5 heteroatoms. The highest BCUT2D eigenvalue weighted by Crippen LogP contribution is 2.17. The summed E-state index contributed by atoms with van der Waals surface area (Å²) in [7, 11) is 1.64. The fourth-order valence-corrected chi connectivity index (χ4v) is 3.12. The summed E-state index contributed by atoms with van der Waals surface area (Å²) in [6.45, 7) is 1.82. The molecule has 1 atom stereocenters. The summed E-state index contributed by atoms with van der Waals surface area (Å²) >= 11 is 0. The normalized spacial score (nSPS) is 12.0. The van der Waals surface area contributed by atoms with E-state index in [-0.39, 0.29) is 12.4 Å². The lowest BCUT2D eigenvalue weighted by Crippen LogP contribution is -2.35. The van der Waals surface area contributed by atoms with E-state index in [1.54, 1.807) is 19.2 Å². The molecule has 3 rings (SSSR count). The number of nitrogens with zero attached hydrogens (tertiary/aromatic N) is 1. The summed E-state index contributed by atoms with van der Waals surface area (Å²) < 4.78 is 24.2. The van der Waals surface area contributed by atoms with Crippen molar-refractivity contribution in [2.45, 2.75) is 19.2 Å². The largest absolute Gasteiger partial charge is 0.497 e. The van der Waals surface area contributed by atoms with E-state index < -0.39 is 6.10 Å². The van der Waals surface area contributed by atoms with Gasteiger partial charge in [0.1, 0.15) is 30.0 Å². The topological polar surface area (TPSA) is 41.9 Å². The quantitative estimate of drug-likeness (QED) is 0.557. The number of ether oxygens (including phenoxy) is 2. The second-order valence-corrected chi connectivity index (χ2v) is 6.93. The minimum Gasteiger partial charge on any atom is -0.497 e. The van der Waals surface area contributed by atoms with Crippen molar-refractivity contribution in [2.24, 2.45) is 0 Å². The first-order valence-electron chi connectivity index (χ1n) is 9.58. The van der Waals surface area contributed by atoms with Crippen molar-refractivity contribution < 1.29 is 19.0 Å². The molecule has 1 N–H and O–H groups in total. The molecule has 0 fully saturated rings. The van der Waals surface area contributed by atoms with Gasteiger partial charge in [-0.25, -0.2) is 4.39 Å². The molecule has 152 valence electrons. The van der Waals surface area contributed by atoms with Gasteiger partial charge in [0, 0.05) is 19.6 Å². The Balaban J connectivity index is 1.66. The Bertz CT molecular complexity index is 871. The predicted octanol–water partition coefficient (Wildman–Crippen LogP) is 4.28. The molecular formula is C24H26FNO3. The van der Waals surface area contributed by atoms with Crippen LogP contribution >= 0.6 is 0 Å². The first-order chi connectivity index (χ1) is 14.1. The van der Waals surface area contributed by atoms with Gasteiger partial charge in [0.25, 0.3) is 0 Å². The number of para-hydroxylation sites is 1. The minimum absolute atomic E-state index is 0.196. The summed E-state index contributed by atoms with van der Waals surface area (Å²) in [5.74, 6) is 1.26. The number of methoxy groups -OCH3 is 1. The van der Waals surface area contributed by atoms with Crippen LogP contribution in [0.25, 0.3) is 0 Å². The number of hydrogen-bond donors (Lipinski definition) is 1. The molecule has 0 heterocycles. The molecule has 0 aliphatic carbocycles. The lowest BCUT2D eigenvalue weighted by molar-refractivity contribution is 0.0628. The van der Waals surface area contributed by atoms with Gasteiger partial charge in [-0.1, -0.05) is 42.5 Å². The minimum atomic E-state index is -0.665. The zero-order valence-corrected chi connectivity index (χ0v) is 16.5. The summed E-state index contributed by atoms with van der Waals surface area (Å²) in [6.07, 6.45) is -0.665. The first-order valence-corrected chi connectivity index (χ1v) is 9.58. The second kappa shape index (κ2) is 10.6. The third-order valence-electron chi connectivity index (χ3n) is 4.51. The number of halogens is 1. The van der Waals surface area contributed by atoms with Crippen LogP contribution < -0.4 is 9.47 Å². The molecular weight excluding hydrogens is 369 g/mol. The van der Waals surface area contributed by atoms with Crippen LogP contribution in [-0.2, 0) is 13.1 Å². The Morgan fingerprint density at radius 2 is 1.55 bits per heavy atom. The van der Waals surface area contributed by atoms with Crippen LogP contribution in [0, 0.1) is 5.82 Å². The van der Waals surface area contributed by atoms with Gasteiger partial charge < -0.3 is 14.6 Å². The maximum atomic E-state index is 13.2. The highest BCUT2D eigenvalue weighted by Gasteiger charge is 2.14. The molecule has 0 unspecified atom stereocenters. The monoisotopic (exact) mass is 395 g/mol. The SMILES string of the molecule is COc1cccc(CN(Cc2ccc(F)cc2)C[C@H](O)COc2ccccc2)c1. The summed E-state index contributed by atoms with van der Waals surface area (Å²) in [5, 5.41) is 10.5. The van der Waals surface area contributed by atoms with Crippen molar-refractivity contribution in [1.82, 2.24) is 4.90 Å². The van der Waals surface area contributed by atoms with Crippen molar-refractivity contribution in [3.05, 3.63) is 95.8 Å². The second-order valence-electron chi connectivity index (χ2n) is 6.93. The summed E-state index contributed by atoms with van der Waals surface area (Å²) in [6, 6.07) is 23.7. The molecule has 0 radical (unpaired) electrons. The predicted molar refractivity (Wildman–Crippen MR) is 111 cm³/mol. The van der Waals surface area contributed by atoms with Gasteiger partial charge in [0.05, 0.1) is 7.11 Å². The highest BCUT2D eigenvalue weighted by molar-refractivity contribution is 5.28. The van der Waals surface area contributed by atoms with Gasteiger partial charge in [0.2, 0.25) is 0 Å². The molecule has 0 bridgehead atoms. The third kappa shape index (κ3) is 6.89. The van der Waals surface area contributed by atoms with Gasteiger partial charge in [-0.05, 0) is 47.5 Å². The lowest BCUT2D eigenvalue weighted by atomic mass is 10.1. The van der Waals surface area contributed by atoms with Crippen LogP contribution in [0.2, 0.25) is 0 Å². The average Bonchev–Trinajstić information content (AvgIpc) is 2.75. The van der Waals surface area contributed by atoms with Gasteiger partial charge in [-0.2, -0.15) is 0 Å². The maximum Gasteiger partial charge on any atom is 0.123 e. The maximum absolute atomic E-state index is 13.2. The Morgan fingerprint density at radius 1 is 0.862 bits per heavy atom. The molecule has 0 saturated heterocycles. The molecule has 4 nitrogen and oxygen atoms in total. The van der Waals surface area contributed by atoms with E-state index in [9.17, 15) is 9.50 Å². The smallest absolute Gasteiger partial charge is 0.123 e. The molecule has 0 aliphatic rings. The van der Waals surface area contributed by atoms with Crippen LogP contribution in [-0.4, -0.2) is 36.4 Å². The number of aliphatic hydroxyl groups is 1. The van der Waals surface area contributed by atoms with Gasteiger partial charge >= 0.3 is 0 Å². The van der Waals surface area contributed by atoms with E-state index >= 15 is 0 Å². The zero-order chi connectivity index (χ0) is 20.5. The number of hydrogen-bond acceptors (Lipinski definition) is 4. The molecule has 3 aromatic carbocycles. The van der Waals surface area contributed by atoms with Crippen LogP contribution in [0.5, 0.6) is 11.5 Å². The van der Waals surface area contributed by atoms with E-state index in [2.05, 4.69) is 4.90 Å². The van der Waals surface area contributed by atoms with Crippen molar-refractivity contribution in [2.75, 3.05) is 20.3 Å². The summed E-state index contributed by atoms with van der Waals surface area (Å²) in [4.78, 5) is 2.11. The molecule has 3 aromatic rings. The van der Waals surface area contributed by atoms with E-state index in [0.717, 1.165) is 22.6 Å². The van der Waals surface area contributed by atoms with Crippen molar-refractivity contribution in [3.63, 3.8) is 0 Å². The zero-order valence-electron chi connectivity index (χ0n) is 16.5. The Labute approximate surface area is 171 Å². The fraction of sp³-hybridized carbons (Fsp3) is 0.250. The van der Waals surface area contributed by atoms with Gasteiger partial charge in [-0.15, -0.1) is 0 Å². The van der Waals surface area contributed by atoms with Crippen LogP contribution in [0.4, 0.5) is 4.39 Å². The van der Waals surface area contributed by atoms with Crippen LogP contribution in [0.3, 0.4) is 0 Å². The molecule has 0 saturated carbocycles. The van der Waals surface area contributed by atoms with E-state index in [1.165, 1.54) is 12.1 Å². The molecule has 0 aliphatic heterocycles. The highest BCUT2D eigenvalue weighted by atomic mass is 19.1. The van der Waals surface area contributed by atoms with Crippen molar-refractivity contribution in [1.29, 1.82) is 0 Å². The van der Waals surface area contributed by atoms with E-state index in [0.29, 0.717) is 19.6 Å².